The van der Waals surface area contributed by atoms with E-state index in [1.165, 1.54) is 27.7 Å². The molecule has 15 heavy (non-hydrogen) atoms. The number of carbonyl (C=O) groups excluding carboxylic acids is 1. The Labute approximate surface area is 88.1 Å². The van der Waals surface area contributed by atoms with Crippen molar-refractivity contribution in [2.75, 3.05) is 0 Å². The molecule has 0 atom stereocenters. The number of ketones is 1. The number of hydrogen-bond donors (Lipinski definition) is 1. The van der Waals surface area contributed by atoms with Gasteiger partial charge in [-0.2, -0.15) is 8.78 Å². The molecule has 0 aromatic rings. The van der Waals surface area contributed by atoms with Crippen LogP contribution in [0.25, 0.3) is 0 Å². The number of halogens is 2. The van der Waals surface area contributed by atoms with Crippen molar-refractivity contribution in [1.29, 1.82) is 0 Å². The largest absolute Gasteiger partial charge is 0.416 e. The lowest BCUT2D eigenvalue weighted by atomic mass is 10.1. The van der Waals surface area contributed by atoms with E-state index in [1.54, 1.807) is 4.72 Å². The Morgan fingerprint density at radius 2 is 1.60 bits per heavy atom. The first-order valence-corrected chi connectivity index (χ1v) is 5.94. The number of rotatable bonds is 5. The van der Waals surface area contributed by atoms with Gasteiger partial charge < -0.3 is 0 Å². The van der Waals surface area contributed by atoms with E-state index >= 15 is 0 Å². The molecule has 90 valence electrons. The fraction of sp³-hybridized carbons (Fsp3) is 0.875. The summed E-state index contributed by atoms with van der Waals surface area (Å²) in [5, 5.41) is -4.37. The van der Waals surface area contributed by atoms with Crippen molar-refractivity contribution in [2.24, 2.45) is 5.92 Å². The summed E-state index contributed by atoms with van der Waals surface area (Å²) in [7, 11) is -4.94. The third-order valence-electron chi connectivity index (χ3n) is 1.54. The average Bonchev–Trinajstić information content (AvgIpc) is 1.99. The first-order chi connectivity index (χ1) is 6.52. The van der Waals surface area contributed by atoms with Crippen molar-refractivity contribution in [3.05, 3.63) is 0 Å². The molecule has 0 aromatic carbocycles. The molecular formula is C8H15F2NO3S. The van der Waals surface area contributed by atoms with Crippen LogP contribution in [0.4, 0.5) is 8.78 Å². The second kappa shape index (κ2) is 4.52. The van der Waals surface area contributed by atoms with Gasteiger partial charge in [-0.1, -0.05) is 13.8 Å². The highest BCUT2D eigenvalue weighted by Crippen LogP contribution is 2.25. The molecule has 0 amide bonds. The standard InChI is InChI=1S/C8H15F2NO3S/c1-5(2)7(12)8(9,10)15(13,14)11-6(3)4/h5-6,11H,1-4H3. The van der Waals surface area contributed by atoms with Gasteiger partial charge in [0.25, 0.3) is 10.0 Å². The van der Waals surface area contributed by atoms with Gasteiger partial charge in [-0.05, 0) is 13.8 Å². The van der Waals surface area contributed by atoms with Gasteiger partial charge in [0.1, 0.15) is 0 Å². The van der Waals surface area contributed by atoms with Gasteiger partial charge in [-0.25, -0.2) is 13.1 Å². The number of nitrogens with one attached hydrogen (secondary N) is 1. The first-order valence-electron chi connectivity index (χ1n) is 4.46. The highest BCUT2D eigenvalue weighted by atomic mass is 32.2. The Balaban J connectivity index is 5.11. The molecule has 0 saturated carbocycles. The highest BCUT2D eigenvalue weighted by molar-refractivity contribution is 7.91. The predicted molar refractivity (Wildman–Crippen MR) is 52.0 cm³/mol. The lowest BCUT2D eigenvalue weighted by molar-refractivity contribution is -0.136. The van der Waals surface area contributed by atoms with Crippen LogP contribution < -0.4 is 4.72 Å². The molecule has 0 fully saturated rings. The van der Waals surface area contributed by atoms with E-state index in [-0.39, 0.29) is 0 Å². The van der Waals surface area contributed by atoms with Gasteiger partial charge >= 0.3 is 5.25 Å². The average molecular weight is 243 g/mol. The fourth-order valence-corrected chi connectivity index (χ4v) is 2.12. The normalized spacial score (nSPS) is 13.6. The van der Waals surface area contributed by atoms with Crippen LogP contribution in [0.5, 0.6) is 0 Å². The number of Topliss-reactive ketones (excluding diaryl/α,β-unsaturated/α-hetero) is 1. The molecule has 0 unspecified atom stereocenters. The molecule has 0 aromatic heterocycles. The zero-order chi connectivity index (χ0) is 12.4. The summed E-state index contributed by atoms with van der Waals surface area (Å²) in [6, 6.07) is -0.680. The van der Waals surface area contributed by atoms with Crippen LogP contribution in [0.1, 0.15) is 27.7 Å². The molecule has 0 spiro atoms. The Kier molecular flexibility index (Phi) is 4.36. The second-order valence-corrected chi connectivity index (χ2v) is 5.57. The molecule has 0 rings (SSSR count). The van der Waals surface area contributed by atoms with E-state index in [0.29, 0.717) is 0 Å². The smallest absolute Gasteiger partial charge is 0.291 e. The summed E-state index contributed by atoms with van der Waals surface area (Å²) in [6.07, 6.45) is 0. The van der Waals surface area contributed by atoms with Crippen molar-refractivity contribution in [3.8, 4) is 0 Å². The Morgan fingerprint density at radius 1 is 1.20 bits per heavy atom. The highest BCUT2D eigenvalue weighted by Gasteiger charge is 2.53. The van der Waals surface area contributed by atoms with E-state index < -0.39 is 33.0 Å². The number of alkyl halides is 2. The zero-order valence-electron chi connectivity index (χ0n) is 9.04. The Bertz CT molecular complexity index is 336. The lowest BCUT2D eigenvalue weighted by Crippen LogP contribution is -2.49. The second-order valence-electron chi connectivity index (χ2n) is 3.81. The van der Waals surface area contributed by atoms with Gasteiger partial charge in [-0.15, -0.1) is 0 Å². The Hall–Kier alpha value is -0.560. The molecule has 0 aliphatic carbocycles. The minimum atomic E-state index is -4.94. The molecular weight excluding hydrogens is 228 g/mol. The van der Waals surface area contributed by atoms with Crippen molar-refractivity contribution in [2.45, 2.75) is 39.0 Å². The fourth-order valence-electron chi connectivity index (χ4n) is 0.853. The maximum atomic E-state index is 13.2. The van der Waals surface area contributed by atoms with Gasteiger partial charge in [-0.3, -0.25) is 4.79 Å². The zero-order valence-corrected chi connectivity index (χ0v) is 9.86. The first kappa shape index (κ1) is 14.4. The topological polar surface area (TPSA) is 63.2 Å². The molecule has 0 aliphatic heterocycles. The van der Waals surface area contributed by atoms with Gasteiger partial charge in [0.05, 0.1) is 0 Å². The van der Waals surface area contributed by atoms with Gasteiger partial charge in [0.15, 0.2) is 0 Å². The molecule has 0 radical (unpaired) electrons. The van der Waals surface area contributed by atoms with E-state index in [0.717, 1.165) is 0 Å². The summed E-state index contributed by atoms with van der Waals surface area (Å²) in [5.41, 5.74) is 0. The van der Waals surface area contributed by atoms with E-state index in [1.807, 2.05) is 0 Å². The Morgan fingerprint density at radius 3 is 1.87 bits per heavy atom. The monoisotopic (exact) mass is 243 g/mol. The quantitative estimate of drug-likeness (QED) is 0.787. The minimum absolute atomic E-state index is 0.680. The molecule has 0 bridgehead atoms. The van der Waals surface area contributed by atoms with Crippen LogP contribution >= 0.6 is 0 Å². The number of carbonyl (C=O) groups is 1. The number of sulfonamides is 1. The van der Waals surface area contributed by atoms with Crippen molar-refractivity contribution >= 4 is 15.8 Å². The van der Waals surface area contributed by atoms with E-state index in [9.17, 15) is 22.0 Å². The summed E-state index contributed by atoms with van der Waals surface area (Å²) >= 11 is 0. The molecule has 0 aliphatic rings. The SMILES string of the molecule is CC(C)NS(=O)(=O)C(F)(F)C(=O)C(C)C. The van der Waals surface area contributed by atoms with Crippen LogP contribution in [0.15, 0.2) is 0 Å². The molecule has 0 saturated heterocycles. The van der Waals surface area contributed by atoms with Crippen molar-refractivity contribution in [3.63, 3.8) is 0 Å². The van der Waals surface area contributed by atoms with E-state index in [2.05, 4.69) is 0 Å². The van der Waals surface area contributed by atoms with Crippen LogP contribution in [0, 0.1) is 5.92 Å². The molecule has 1 N–H and O–H groups in total. The van der Waals surface area contributed by atoms with Crippen molar-refractivity contribution in [1.82, 2.24) is 4.72 Å². The summed E-state index contributed by atoms with van der Waals surface area (Å²) < 4.78 is 50.4. The molecule has 7 heteroatoms. The third kappa shape index (κ3) is 3.20. The van der Waals surface area contributed by atoms with Crippen molar-refractivity contribution < 1.29 is 22.0 Å². The van der Waals surface area contributed by atoms with Crippen LogP contribution in [0.2, 0.25) is 0 Å². The maximum Gasteiger partial charge on any atom is 0.416 e. The number of hydrogen-bond acceptors (Lipinski definition) is 3. The summed E-state index contributed by atoms with van der Waals surface area (Å²) in [6.45, 7) is 5.24. The predicted octanol–water partition coefficient (Wildman–Crippen LogP) is 1.13. The lowest BCUT2D eigenvalue weighted by Gasteiger charge is -2.19. The van der Waals surface area contributed by atoms with Crippen LogP contribution in [-0.4, -0.2) is 25.5 Å². The van der Waals surface area contributed by atoms with Gasteiger partial charge in [0, 0.05) is 12.0 Å². The maximum absolute atomic E-state index is 13.2. The third-order valence-corrected chi connectivity index (χ3v) is 3.20. The summed E-state index contributed by atoms with van der Waals surface area (Å²) in [5.74, 6) is -2.64. The minimum Gasteiger partial charge on any atom is -0.291 e. The summed E-state index contributed by atoms with van der Waals surface area (Å²) in [4.78, 5) is 11.0. The van der Waals surface area contributed by atoms with E-state index in [4.69, 9.17) is 0 Å². The van der Waals surface area contributed by atoms with Gasteiger partial charge in [0.2, 0.25) is 5.78 Å². The molecule has 4 nitrogen and oxygen atoms in total. The van der Waals surface area contributed by atoms with Crippen LogP contribution in [0.3, 0.4) is 0 Å². The molecule has 0 heterocycles. The van der Waals surface area contributed by atoms with Crippen LogP contribution in [-0.2, 0) is 14.8 Å².